The number of piperazine rings is 1. The molecule has 140 valence electrons. The smallest absolute Gasteiger partial charge is 0.0771 e. The maximum absolute atomic E-state index is 6.78. The van der Waals surface area contributed by atoms with E-state index in [0.717, 1.165) is 55.6 Å². The lowest BCUT2D eigenvalue weighted by molar-refractivity contribution is 0.190. The molecule has 0 bridgehead atoms. The number of allylic oxidation sites excluding steroid dienone is 2. The van der Waals surface area contributed by atoms with Crippen LogP contribution in [-0.4, -0.2) is 37.6 Å². The maximum Gasteiger partial charge on any atom is 0.0771 e. The number of rotatable bonds is 2. The molecule has 0 amide bonds. The van der Waals surface area contributed by atoms with Gasteiger partial charge in [-0.25, -0.2) is 0 Å². The molecule has 0 saturated carbocycles. The minimum absolute atomic E-state index is 0.167. The van der Waals surface area contributed by atoms with Crippen molar-refractivity contribution in [1.29, 1.82) is 0 Å². The SMILES string of the molecule is CCC1Cc2cc(Cl)cc(Cl)c2C(N2CCNCC2)C2=C1C=C(Br)CN2. The number of nitrogens with one attached hydrogen (secondary N) is 2. The van der Waals surface area contributed by atoms with Crippen LogP contribution in [0.15, 0.2) is 34.0 Å². The van der Waals surface area contributed by atoms with Gasteiger partial charge in [-0.3, -0.25) is 4.90 Å². The zero-order valence-electron chi connectivity index (χ0n) is 14.9. The zero-order valence-corrected chi connectivity index (χ0v) is 18.0. The molecule has 3 aliphatic rings. The fourth-order valence-electron chi connectivity index (χ4n) is 4.47. The van der Waals surface area contributed by atoms with Gasteiger partial charge in [0.1, 0.15) is 0 Å². The highest BCUT2D eigenvalue weighted by Crippen LogP contribution is 2.45. The molecule has 1 aromatic carbocycles. The summed E-state index contributed by atoms with van der Waals surface area (Å²) in [5.41, 5.74) is 5.27. The van der Waals surface area contributed by atoms with E-state index in [1.54, 1.807) is 0 Å². The van der Waals surface area contributed by atoms with E-state index in [-0.39, 0.29) is 6.04 Å². The van der Waals surface area contributed by atoms with Crippen LogP contribution in [0, 0.1) is 5.92 Å². The average molecular weight is 457 g/mol. The standard InChI is InChI=1S/C20H24BrCl2N3/c1-2-12-7-13-8-15(22)10-17(23)18(13)20(26-5-3-24-4-6-26)19-16(12)9-14(21)11-25-19/h8-10,12,20,24-25H,2-7,11H2,1H3. The van der Waals surface area contributed by atoms with Crippen molar-refractivity contribution in [2.24, 2.45) is 5.92 Å². The van der Waals surface area contributed by atoms with Crippen LogP contribution in [0.3, 0.4) is 0 Å². The summed E-state index contributed by atoms with van der Waals surface area (Å²) < 4.78 is 1.21. The van der Waals surface area contributed by atoms with Crippen LogP contribution in [0.5, 0.6) is 0 Å². The third-order valence-electron chi connectivity index (χ3n) is 5.71. The molecule has 2 aliphatic heterocycles. The largest absolute Gasteiger partial charge is 0.382 e. The Bertz CT molecular complexity index is 769. The summed E-state index contributed by atoms with van der Waals surface area (Å²) in [6.45, 7) is 7.15. The van der Waals surface area contributed by atoms with Gasteiger partial charge in [0.15, 0.2) is 0 Å². The van der Waals surface area contributed by atoms with E-state index in [1.165, 1.54) is 26.9 Å². The molecule has 1 aliphatic carbocycles. The summed E-state index contributed by atoms with van der Waals surface area (Å²) in [7, 11) is 0. The van der Waals surface area contributed by atoms with E-state index in [2.05, 4.69) is 50.5 Å². The predicted molar refractivity (Wildman–Crippen MR) is 113 cm³/mol. The van der Waals surface area contributed by atoms with Gasteiger partial charge >= 0.3 is 0 Å². The molecule has 2 heterocycles. The molecule has 2 unspecified atom stereocenters. The molecule has 1 saturated heterocycles. The van der Waals surface area contributed by atoms with Crippen molar-refractivity contribution in [2.45, 2.75) is 25.8 Å². The van der Waals surface area contributed by atoms with E-state index in [0.29, 0.717) is 5.92 Å². The van der Waals surface area contributed by atoms with E-state index < -0.39 is 0 Å². The minimum Gasteiger partial charge on any atom is -0.382 e. The average Bonchev–Trinajstić information content (AvgIpc) is 2.76. The van der Waals surface area contributed by atoms with Crippen LogP contribution < -0.4 is 10.6 Å². The first-order valence-corrected chi connectivity index (χ1v) is 10.9. The Kier molecular flexibility index (Phi) is 5.68. The fraction of sp³-hybridized carbons (Fsp3) is 0.500. The Hall–Kier alpha value is -0.520. The molecule has 26 heavy (non-hydrogen) atoms. The molecule has 3 nitrogen and oxygen atoms in total. The van der Waals surface area contributed by atoms with Gasteiger partial charge in [-0.05, 0) is 53.7 Å². The molecular weight excluding hydrogens is 433 g/mol. The quantitative estimate of drug-likeness (QED) is 0.677. The molecule has 1 fully saturated rings. The van der Waals surface area contributed by atoms with E-state index in [1.807, 2.05) is 6.07 Å². The summed E-state index contributed by atoms with van der Waals surface area (Å²) in [6.07, 6.45) is 4.40. The lowest BCUT2D eigenvalue weighted by atomic mass is 9.89. The first kappa shape index (κ1) is 18.8. The first-order valence-electron chi connectivity index (χ1n) is 9.35. The Morgan fingerprint density at radius 1 is 1.23 bits per heavy atom. The molecule has 0 spiro atoms. The van der Waals surface area contributed by atoms with Crippen LogP contribution in [0.1, 0.15) is 30.5 Å². The second-order valence-corrected chi connectivity index (χ2v) is 9.13. The summed E-state index contributed by atoms with van der Waals surface area (Å²) in [4.78, 5) is 2.56. The molecule has 1 aromatic rings. The monoisotopic (exact) mass is 455 g/mol. The second kappa shape index (κ2) is 7.84. The molecule has 0 aromatic heterocycles. The predicted octanol–water partition coefficient (Wildman–Crippen LogP) is 4.66. The van der Waals surface area contributed by atoms with Gasteiger partial charge in [0.05, 0.1) is 6.04 Å². The van der Waals surface area contributed by atoms with Crippen molar-refractivity contribution in [2.75, 3.05) is 32.7 Å². The number of fused-ring (bicyclic) bond motifs is 1. The highest BCUT2D eigenvalue weighted by Gasteiger charge is 2.36. The normalized spacial score (nSPS) is 26.5. The number of nitrogens with zero attached hydrogens (tertiary/aromatic N) is 1. The van der Waals surface area contributed by atoms with Crippen molar-refractivity contribution in [3.05, 3.63) is 55.1 Å². The van der Waals surface area contributed by atoms with Crippen molar-refractivity contribution < 1.29 is 0 Å². The van der Waals surface area contributed by atoms with Crippen molar-refractivity contribution in [3.8, 4) is 0 Å². The molecule has 4 rings (SSSR count). The van der Waals surface area contributed by atoms with E-state index in [4.69, 9.17) is 23.2 Å². The number of halogens is 3. The van der Waals surface area contributed by atoms with Crippen molar-refractivity contribution in [3.63, 3.8) is 0 Å². The molecule has 2 N–H and O–H groups in total. The summed E-state index contributed by atoms with van der Waals surface area (Å²) in [6, 6.07) is 4.19. The lowest BCUT2D eigenvalue weighted by Crippen LogP contribution is -2.47. The van der Waals surface area contributed by atoms with Crippen molar-refractivity contribution in [1.82, 2.24) is 15.5 Å². The van der Waals surface area contributed by atoms with Gasteiger partial charge < -0.3 is 10.6 Å². The van der Waals surface area contributed by atoms with Crippen LogP contribution >= 0.6 is 39.1 Å². The number of hydrogen-bond acceptors (Lipinski definition) is 3. The van der Waals surface area contributed by atoms with E-state index in [9.17, 15) is 0 Å². The Labute approximate surface area is 173 Å². The summed E-state index contributed by atoms with van der Waals surface area (Å²) in [5.74, 6) is 0.464. The van der Waals surface area contributed by atoms with Gasteiger partial charge in [-0.1, -0.05) is 46.1 Å². The third-order valence-corrected chi connectivity index (χ3v) is 6.75. The first-order chi connectivity index (χ1) is 12.6. The van der Waals surface area contributed by atoms with Gasteiger partial charge in [0, 0.05) is 52.9 Å². The Balaban J connectivity index is 1.92. The zero-order chi connectivity index (χ0) is 18.3. The fourth-order valence-corrected chi connectivity index (χ4v) is 5.50. The highest BCUT2D eigenvalue weighted by molar-refractivity contribution is 9.11. The lowest BCUT2D eigenvalue weighted by Gasteiger charge is -2.39. The number of benzene rings is 1. The molecular formula is C20H24BrCl2N3. The molecule has 6 heteroatoms. The van der Waals surface area contributed by atoms with Gasteiger partial charge in [-0.15, -0.1) is 0 Å². The Morgan fingerprint density at radius 3 is 2.73 bits per heavy atom. The second-order valence-electron chi connectivity index (χ2n) is 7.27. The maximum atomic E-state index is 6.78. The van der Waals surface area contributed by atoms with Crippen LogP contribution in [0.25, 0.3) is 0 Å². The van der Waals surface area contributed by atoms with Gasteiger partial charge in [0.25, 0.3) is 0 Å². The van der Waals surface area contributed by atoms with Gasteiger partial charge in [0.2, 0.25) is 0 Å². The minimum atomic E-state index is 0.167. The van der Waals surface area contributed by atoms with Crippen LogP contribution in [0.4, 0.5) is 0 Å². The van der Waals surface area contributed by atoms with Crippen LogP contribution in [0.2, 0.25) is 10.0 Å². The molecule has 0 radical (unpaired) electrons. The number of dihydropyridines is 1. The third kappa shape index (κ3) is 3.47. The Morgan fingerprint density at radius 2 is 2.00 bits per heavy atom. The molecule has 2 atom stereocenters. The van der Waals surface area contributed by atoms with Crippen LogP contribution in [-0.2, 0) is 6.42 Å². The topological polar surface area (TPSA) is 27.3 Å². The summed E-state index contributed by atoms with van der Waals surface area (Å²) >= 11 is 16.9. The van der Waals surface area contributed by atoms with E-state index >= 15 is 0 Å². The summed E-state index contributed by atoms with van der Waals surface area (Å²) in [5, 5.41) is 8.70. The number of hydrogen-bond donors (Lipinski definition) is 2. The van der Waals surface area contributed by atoms with Gasteiger partial charge in [-0.2, -0.15) is 0 Å². The van der Waals surface area contributed by atoms with Crippen molar-refractivity contribution >= 4 is 39.1 Å². The highest BCUT2D eigenvalue weighted by atomic mass is 79.9.